The second kappa shape index (κ2) is 10.2. The highest BCUT2D eigenvalue weighted by Crippen LogP contribution is 2.25. The topological polar surface area (TPSA) is 83.9 Å². The molecule has 0 fully saturated rings. The molecule has 0 heterocycles. The fraction of sp³-hybridized carbons (Fsp3) is 0.353. The van der Waals surface area contributed by atoms with Gasteiger partial charge in [-0.25, -0.2) is 4.79 Å². The van der Waals surface area contributed by atoms with Crippen molar-refractivity contribution < 1.29 is 37.4 Å². The predicted molar refractivity (Wildman–Crippen MR) is 89.8 cm³/mol. The van der Waals surface area contributed by atoms with Crippen LogP contribution < -0.4 is 4.90 Å². The summed E-state index contributed by atoms with van der Waals surface area (Å²) in [6, 6.07) is 6.22. The number of carbonyl (C=O) groups is 3. The maximum Gasteiger partial charge on any atom is 0.455 e. The Morgan fingerprint density at radius 1 is 1.19 bits per heavy atom. The molecule has 0 aliphatic carbocycles. The maximum atomic E-state index is 12.4. The van der Waals surface area contributed by atoms with Gasteiger partial charge in [0.25, 0.3) is 5.78 Å². The number of benzene rings is 1. The van der Waals surface area contributed by atoms with Crippen LogP contribution in [-0.4, -0.2) is 49.7 Å². The second-order valence-electron chi connectivity index (χ2n) is 5.07. The Morgan fingerprint density at radius 3 is 2.08 bits per heavy atom. The van der Waals surface area contributed by atoms with Gasteiger partial charge < -0.3 is 14.7 Å². The van der Waals surface area contributed by atoms with Crippen molar-refractivity contribution in [2.24, 2.45) is 0 Å². The molecule has 0 aliphatic heterocycles. The first kappa shape index (κ1) is 23.2. The summed E-state index contributed by atoms with van der Waals surface area (Å²) in [6.07, 6.45) is -4.50. The van der Waals surface area contributed by atoms with Gasteiger partial charge in [-0.1, -0.05) is 18.2 Å². The smallest absolute Gasteiger partial charge is 0.455 e. The number of carbonyl (C=O) groups excluding carboxylic acids is 2. The van der Waals surface area contributed by atoms with E-state index in [4.69, 9.17) is 5.11 Å². The van der Waals surface area contributed by atoms with Crippen LogP contribution in [0, 0.1) is 0 Å². The van der Waals surface area contributed by atoms with Crippen molar-refractivity contribution in [3.63, 3.8) is 0 Å². The van der Waals surface area contributed by atoms with Crippen LogP contribution in [0.25, 0.3) is 6.08 Å². The number of para-hydroxylation sites is 1. The van der Waals surface area contributed by atoms with E-state index in [0.717, 1.165) is 6.08 Å². The molecule has 144 valence electrons. The number of halogens is 3. The molecular formula is C17H20F3NO5. The van der Waals surface area contributed by atoms with Crippen LogP contribution in [0.5, 0.6) is 0 Å². The minimum absolute atomic E-state index is 0.211. The molecule has 0 bridgehead atoms. The lowest BCUT2D eigenvalue weighted by Crippen LogP contribution is -2.28. The monoisotopic (exact) mass is 375 g/mol. The van der Waals surface area contributed by atoms with Crippen LogP contribution in [0.2, 0.25) is 0 Å². The molecule has 0 saturated heterocycles. The van der Waals surface area contributed by atoms with Crippen molar-refractivity contribution in [2.75, 3.05) is 25.6 Å². The molecular weight excluding hydrogens is 355 g/mol. The summed E-state index contributed by atoms with van der Waals surface area (Å²) in [5.41, 5.74) is -0.597. The van der Waals surface area contributed by atoms with Gasteiger partial charge in [-0.15, -0.1) is 0 Å². The van der Waals surface area contributed by atoms with E-state index >= 15 is 0 Å². The number of hydrogen-bond donors (Lipinski definition) is 1. The molecule has 1 N–H and O–H groups in total. The normalized spacial score (nSPS) is 11.1. The van der Waals surface area contributed by atoms with Gasteiger partial charge in [0.15, 0.2) is 0 Å². The number of alkyl halides is 3. The average molecular weight is 375 g/mol. The van der Waals surface area contributed by atoms with Crippen molar-refractivity contribution in [3.05, 3.63) is 35.4 Å². The molecule has 0 spiro atoms. The average Bonchev–Trinajstić information content (AvgIpc) is 2.51. The first-order valence-electron chi connectivity index (χ1n) is 7.38. The highest BCUT2D eigenvalue weighted by molar-refractivity contribution is 6.22. The first-order chi connectivity index (χ1) is 11.9. The summed E-state index contributed by atoms with van der Waals surface area (Å²) >= 11 is 0. The summed E-state index contributed by atoms with van der Waals surface area (Å²) in [4.78, 5) is 33.4. The Balaban J connectivity index is 0.000000896. The van der Waals surface area contributed by atoms with Gasteiger partial charge in [0.1, 0.15) is 5.57 Å². The van der Waals surface area contributed by atoms with Crippen molar-refractivity contribution >= 4 is 29.5 Å². The quantitative estimate of drug-likeness (QED) is 0.369. The fourth-order valence-electron chi connectivity index (χ4n) is 1.75. The molecule has 6 nitrogen and oxygen atoms in total. The lowest BCUT2D eigenvalue weighted by atomic mass is 10.0. The van der Waals surface area contributed by atoms with E-state index in [1.165, 1.54) is 19.1 Å². The van der Waals surface area contributed by atoms with E-state index in [1.807, 2.05) is 0 Å². The molecule has 1 rings (SSSR count). The Bertz CT molecular complexity index is 681. The third-order valence-corrected chi connectivity index (χ3v) is 2.80. The number of carboxylic acids is 1. The number of anilines is 1. The van der Waals surface area contributed by atoms with Crippen molar-refractivity contribution in [2.45, 2.75) is 20.0 Å². The summed E-state index contributed by atoms with van der Waals surface area (Å²) in [6.45, 7) is 3.65. The fourth-order valence-corrected chi connectivity index (χ4v) is 1.75. The van der Waals surface area contributed by atoms with E-state index in [9.17, 15) is 27.6 Å². The van der Waals surface area contributed by atoms with Gasteiger partial charge in [0.05, 0.1) is 6.61 Å². The van der Waals surface area contributed by atoms with E-state index in [0.29, 0.717) is 12.3 Å². The van der Waals surface area contributed by atoms with Gasteiger partial charge in [-0.2, -0.15) is 13.2 Å². The standard InChI is InChI=1S/C13H12F3NO3.C4H8O2/c1-17(2)10-6-4-3-5-8(10)7-9(12(19)20)11(18)13(14,15)16;1-3-6-4(2)5/h3-7H,1-2H3,(H,19,20);3H2,1-2H3. The summed E-state index contributed by atoms with van der Waals surface area (Å²) in [7, 11) is 3.30. The minimum atomic E-state index is -5.22. The molecule has 9 heteroatoms. The largest absolute Gasteiger partial charge is 0.478 e. The molecule has 1 aromatic rings. The molecule has 0 amide bonds. The zero-order valence-corrected chi connectivity index (χ0v) is 14.8. The lowest BCUT2D eigenvalue weighted by molar-refractivity contribution is -0.168. The summed E-state index contributed by atoms with van der Waals surface area (Å²) in [5, 5.41) is 8.80. The zero-order valence-electron chi connectivity index (χ0n) is 14.8. The lowest BCUT2D eigenvalue weighted by Gasteiger charge is -2.16. The van der Waals surface area contributed by atoms with Crippen LogP contribution in [-0.2, 0) is 19.1 Å². The van der Waals surface area contributed by atoms with Gasteiger partial charge in [-0.3, -0.25) is 9.59 Å². The molecule has 0 aliphatic rings. The van der Waals surface area contributed by atoms with Gasteiger partial charge in [0, 0.05) is 26.7 Å². The number of ketones is 1. The number of Topliss-reactive ketones (excluding diaryl/α,β-unsaturated/α-hetero) is 1. The third kappa shape index (κ3) is 7.82. The van der Waals surface area contributed by atoms with E-state index in [1.54, 1.807) is 38.1 Å². The zero-order chi connectivity index (χ0) is 20.5. The van der Waals surface area contributed by atoms with Crippen LogP contribution in [0.1, 0.15) is 19.4 Å². The molecule has 0 unspecified atom stereocenters. The number of hydrogen-bond acceptors (Lipinski definition) is 5. The van der Waals surface area contributed by atoms with Gasteiger partial charge in [0.2, 0.25) is 0 Å². The maximum absolute atomic E-state index is 12.4. The molecule has 1 aromatic carbocycles. The van der Waals surface area contributed by atoms with Crippen LogP contribution >= 0.6 is 0 Å². The molecule has 26 heavy (non-hydrogen) atoms. The van der Waals surface area contributed by atoms with E-state index < -0.39 is 23.5 Å². The van der Waals surface area contributed by atoms with E-state index in [-0.39, 0.29) is 11.5 Å². The van der Waals surface area contributed by atoms with E-state index in [2.05, 4.69) is 4.74 Å². The van der Waals surface area contributed by atoms with Gasteiger partial charge in [-0.05, 0) is 24.6 Å². The Hall–Kier alpha value is -2.84. The van der Waals surface area contributed by atoms with Gasteiger partial charge >= 0.3 is 18.1 Å². The Kier molecular flexibility index (Phi) is 9.10. The number of aliphatic carboxylic acids is 1. The SMILES string of the molecule is CCOC(C)=O.CN(C)c1ccccc1C=C(C(=O)O)C(=O)C(F)(F)F. The first-order valence-corrected chi connectivity index (χ1v) is 7.38. The molecule has 0 atom stereocenters. The minimum Gasteiger partial charge on any atom is -0.478 e. The Morgan fingerprint density at radius 2 is 1.73 bits per heavy atom. The van der Waals surface area contributed by atoms with Crippen molar-refractivity contribution in [1.29, 1.82) is 0 Å². The number of nitrogens with zero attached hydrogens (tertiary/aromatic N) is 1. The van der Waals surface area contributed by atoms with Crippen molar-refractivity contribution in [1.82, 2.24) is 0 Å². The number of esters is 1. The number of carboxylic acid groups (broad SMARTS) is 1. The molecule has 0 aromatic heterocycles. The molecule has 0 saturated carbocycles. The highest BCUT2D eigenvalue weighted by atomic mass is 19.4. The Labute approximate surface area is 148 Å². The number of ether oxygens (including phenoxy) is 1. The third-order valence-electron chi connectivity index (χ3n) is 2.80. The van der Waals surface area contributed by atoms with Crippen molar-refractivity contribution in [3.8, 4) is 0 Å². The number of rotatable bonds is 5. The summed E-state index contributed by atoms with van der Waals surface area (Å²) < 4.78 is 41.5. The summed E-state index contributed by atoms with van der Waals surface area (Å²) in [5.74, 6) is -4.50. The predicted octanol–water partition coefficient (Wildman–Crippen LogP) is 2.92. The van der Waals surface area contributed by atoms with Crippen LogP contribution in [0.4, 0.5) is 18.9 Å². The highest BCUT2D eigenvalue weighted by Gasteiger charge is 2.43. The second-order valence-corrected chi connectivity index (χ2v) is 5.07. The van der Waals surface area contributed by atoms with Crippen LogP contribution in [0.3, 0.4) is 0 Å². The van der Waals surface area contributed by atoms with Crippen LogP contribution in [0.15, 0.2) is 29.8 Å². The molecule has 0 radical (unpaired) electrons.